The first-order valence-corrected chi connectivity index (χ1v) is 4.81. The number of benzene rings is 1. The van der Waals surface area contributed by atoms with Crippen LogP contribution in [0.4, 0.5) is 0 Å². The molecule has 3 nitrogen and oxygen atoms in total. The molecule has 0 aliphatic carbocycles. The Labute approximate surface area is 83.8 Å². The van der Waals surface area contributed by atoms with Crippen molar-refractivity contribution in [3.05, 3.63) is 29.3 Å². The third-order valence-electron chi connectivity index (χ3n) is 2.49. The van der Waals surface area contributed by atoms with Crippen LogP contribution < -0.4 is 10.5 Å². The molecule has 3 heteroatoms. The van der Waals surface area contributed by atoms with E-state index in [0.29, 0.717) is 6.61 Å². The van der Waals surface area contributed by atoms with Crippen LogP contribution in [0, 0.1) is 0 Å². The number of hydrogen-bond donors (Lipinski definition) is 1. The molecule has 2 rings (SSSR count). The van der Waals surface area contributed by atoms with Crippen LogP contribution in [0.1, 0.15) is 17.2 Å². The lowest BCUT2D eigenvalue weighted by Crippen LogP contribution is -2.16. The van der Waals surface area contributed by atoms with Gasteiger partial charge in [-0.2, -0.15) is 0 Å². The maximum absolute atomic E-state index is 5.93. The molecule has 1 heterocycles. The van der Waals surface area contributed by atoms with E-state index in [9.17, 15) is 0 Å². The van der Waals surface area contributed by atoms with Crippen molar-refractivity contribution in [1.29, 1.82) is 0 Å². The Morgan fingerprint density at radius 2 is 2.43 bits per heavy atom. The van der Waals surface area contributed by atoms with Gasteiger partial charge in [-0.3, -0.25) is 0 Å². The highest BCUT2D eigenvalue weighted by Gasteiger charge is 2.14. The summed E-state index contributed by atoms with van der Waals surface area (Å²) in [6, 6.07) is 6.08. The molecule has 1 aliphatic rings. The van der Waals surface area contributed by atoms with E-state index in [-0.39, 0.29) is 6.04 Å². The van der Waals surface area contributed by atoms with Crippen LogP contribution in [0.15, 0.2) is 18.2 Å². The Balaban J connectivity index is 2.19. The van der Waals surface area contributed by atoms with Gasteiger partial charge >= 0.3 is 0 Å². The van der Waals surface area contributed by atoms with Crippen molar-refractivity contribution in [1.82, 2.24) is 0 Å². The van der Waals surface area contributed by atoms with Gasteiger partial charge in [-0.15, -0.1) is 0 Å². The van der Waals surface area contributed by atoms with Crippen LogP contribution in [0.3, 0.4) is 0 Å². The van der Waals surface area contributed by atoms with Crippen molar-refractivity contribution in [3.63, 3.8) is 0 Å². The van der Waals surface area contributed by atoms with Crippen molar-refractivity contribution >= 4 is 0 Å². The third kappa shape index (κ3) is 1.74. The van der Waals surface area contributed by atoms with E-state index in [4.69, 9.17) is 15.2 Å². The van der Waals surface area contributed by atoms with E-state index in [0.717, 1.165) is 24.3 Å². The molecule has 0 bridgehead atoms. The topological polar surface area (TPSA) is 44.5 Å². The van der Waals surface area contributed by atoms with Gasteiger partial charge in [0.2, 0.25) is 0 Å². The summed E-state index contributed by atoms with van der Waals surface area (Å²) in [4.78, 5) is 0. The highest BCUT2D eigenvalue weighted by molar-refractivity contribution is 5.40. The minimum atomic E-state index is -0.0362. The molecule has 0 saturated heterocycles. The second kappa shape index (κ2) is 3.98. The van der Waals surface area contributed by atoms with E-state index in [2.05, 4.69) is 6.07 Å². The monoisotopic (exact) mass is 193 g/mol. The van der Waals surface area contributed by atoms with Gasteiger partial charge in [0.05, 0.1) is 19.3 Å². The van der Waals surface area contributed by atoms with Gasteiger partial charge in [0.25, 0.3) is 0 Å². The van der Waals surface area contributed by atoms with Crippen LogP contribution in [-0.2, 0) is 11.2 Å². The van der Waals surface area contributed by atoms with Crippen molar-refractivity contribution in [2.24, 2.45) is 5.73 Å². The Kier molecular flexibility index (Phi) is 2.70. The molecule has 0 saturated carbocycles. The van der Waals surface area contributed by atoms with Gasteiger partial charge in [0.15, 0.2) is 0 Å². The molecule has 1 aliphatic heterocycles. The summed E-state index contributed by atoms with van der Waals surface area (Å²) >= 11 is 0. The zero-order valence-corrected chi connectivity index (χ0v) is 8.32. The van der Waals surface area contributed by atoms with Gasteiger partial charge < -0.3 is 15.2 Å². The Bertz CT molecular complexity index is 325. The number of hydrogen-bond acceptors (Lipinski definition) is 3. The molecule has 14 heavy (non-hydrogen) atoms. The minimum absolute atomic E-state index is 0.0362. The Morgan fingerprint density at radius 1 is 1.57 bits per heavy atom. The molecule has 76 valence electrons. The van der Waals surface area contributed by atoms with Crippen molar-refractivity contribution in [3.8, 4) is 5.75 Å². The highest BCUT2D eigenvalue weighted by atomic mass is 16.5. The second-order valence-electron chi connectivity index (χ2n) is 3.53. The molecular formula is C11H15NO2. The first-order valence-electron chi connectivity index (χ1n) is 4.81. The van der Waals surface area contributed by atoms with Gasteiger partial charge in [0, 0.05) is 13.5 Å². The Morgan fingerprint density at radius 3 is 3.21 bits per heavy atom. The Hall–Kier alpha value is -1.06. The van der Waals surface area contributed by atoms with Crippen LogP contribution in [0.25, 0.3) is 0 Å². The average molecular weight is 193 g/mol. The number of rotatable bonds is 3. The fourth-order valence-corrected chi connectivity index (χ4v) is 1.71. The number of methoxy groups -OCH3 is 1. The lowest BCUT2D eigenvalue weighted by Gasteiger charge is -2.11. The molecule has 1 aromatic carbocycles. The fraction of sp³-hybridized carbons (Fsp3) is 0.455. The van der Waals surface area contributed by atoms with Gasteiger partial charge in [-0.05, 0) is 17.2 Å². The van der Waals surface area contributed by atoms with Crippen LogP contribution in [-0.4, -0.2) is 20.3 Å². The van der Waals surface area contributed by atoms with E-state index in [1.165, 1.54) is 5.56 Å². The van der Waals surface area contributed by atoms with Gasteiger partial charge in [0.1, 0.15) is 5.75 Å². The van der Waals surface area contributed by atoms with Crippen molar-refractivity contribution in [2.45, 2.75) is 12.5 Å². The molecular weight excluding hydrogens is 178 g/mol. The first kappa shape index (κ1) is 9.49. The molecule has 0 unspecified atom stereocenters. The summed E-state index contributed by atoms with van der Waals surface area (Å²) in [5.74, 6) is 0.998. The number of nitrogens with two attached hydrogens (primary N) is 1. The average Bonchev–Trinajstić information content (AvgIpc) is 2.64. The smallest absolute Gasteiger partial charge is 0.122 e. The highest BCUT2D eigenvalue weighted by Crippen LogP contribution is 2.27. The predicted molar refractivity (Wildman–Crippen MR) is 54.4 cm³/mol. The number of ether oxygens (including phenoxy) is 2. The standard InChI is InChI=1S/C11H15NO2/c1-13-7-10(12)8-2-3-11-9(6-8)4-5-14-11/h2-3,6,10H,4-5,7,12H2,1H3/t10-/m1/s1. The maximum atomic E-state index is 5.93. The molecule has 0 amide bonds. The van der Waals surface area contributed by atoms with E-state index >= 15 is 0 Å². The molecule has 1 atom stereocenters. The van der Waals surface area contributed by atoms with E-state index < -0.39 is 0 Å². The largest absolute Gasteiger partial charge is 0.493 e. The summed E-state index contributed by atoms with van der Waals surface area (Å²) in [6.45, 7) is 1.35. The maximum Gasteiger partial charge on any atom is 0.122 e. The van der Waals surface area contributed by atoms with E-state index in [1.54, 1.807) is 7.11 Å². The lowest BCUT2D eigenvalue weighted by atomic mass is 10.0. The molecule has 0 fully saturated rings. The van der Waals surface area contributed by atoms with Gasteiger partial charge in [-0.25, -0.2) is 0 Å². The zero-order chi connectivity index (χ0) is 9.97. The van der Waals surface area contributed by atoms with Gasteiger partial charge in [-0.1, -0.05) is 12.1 Å². The summed E-state index contributed by atoms with van der Waals surface area (Å²) in [5.41, 5.74) is 8.31. The second-order valence-corrected chi connectivity index (χ2v) is 3.53. The molecule has 0 aromatic heterocycles. The molecule has 0 spiro atoms. The lowest BCUT2D eigenvalue weighted by molar-refractivity contribution is 0.181. The van der Waals surface area contributed by atoms with Crippen LogP contribution in [0.2, 0.25) is 0 Å². The molecule has 2 N–H and O–H groups in total. The minimum Gasteiger partial charge on any atom is -0.493 e. The third-order valence-corrected chi connectivity index (χ3v) is 2.49. The van der Waals surface area contributed by atoms with Crippen LogP contribution >= 0.6 is 0 Å². The molecule has 1 aromatic rings. The number of fused-ring (bicyclic) bond motifs is 1. The summed E-state index contributed by atoms with van der Waals surface area (Å²) in [6.07, 6.45) is 0.989. The van der Waals surface area contributed by atoms with Crippen molar-refractivity contribution < 1.29 is 9.47 Å². The summed E-state index contributed by atoms with van der Waals surface area (Å²) < 4.78 is 10.4. The van der Waals surface area contributed by atoms with Crippen LogP contribution in [0.5, 0.6) is 5.75 Å². The normalized spacial score (nSPS) is 16.1. The predicted octanol–water partition coefficient (Wildman–Crippen LogP) is 1.27. The fourth-order valence-electron chi connectivity index (χ4n) is 1.71. The summed E-state index contributed by atoms with van der Waals surface area (Å²) in [5, 5.41) is 0. The SMILES string of the molecule is COC[C@@H](N)c1ccc2c(c1)CCO2. The molecule has 0 radical (unpaired) electrons. The van der Waals surface area contributed by atoms with E-state index in [1.807, 2.05) is 12.1 Å². The van der Waals surface area contributed by atoms with Crippen molar-refractivity contribution in [2.75, 3.05) is 20.3 Å². The summed E-state index contributed by atoms with van der Waals surface area (Å²) in [7, 11) is 1.66. The zero-order valence-electron chi connectivity index (χ0n) is 8.32. The quantitative estimate of drug-likeness (QED) is 0.786. The first-order chi connectivity index (χ1) is 6.81.